The standard InChI is InChI=1S/C11H15BrO3/c1-7(6-13)8-4-9(12)11(15-3)10(5-8)14-2/h4-5,7,13H,6H2,1-3H3. The Labute approximate surface area is 98.1 Å². The van der Waals surface area contributed by atoms with Gasteiger partial charge in [0, 0.05) is 12.5 Å². The molecular weight excluding hydrogens is 260 g/mol. The maximum absolute atomic E-state index is 9.08. The number of methoxy groups -OCH3 is 2. The van der Waals surface area contributed by atoms with E-state index in [2.05, 4.69) is 15.9 Å². The van der Waals surface area contributed by atoms with Crippen molar-refractivity contribution in [3.05, 3.63) is 22.2 Å². The third-order valence-electron chi connectivity index (χ3n) is 2.30. The van der Waals surface area contributed by atoms with Gasteiger partial charge >= 0.3 is 0 Å². The number of ether oxygens (including phenoxy) is 2. The molecule has 0 amide bonds. The third-order valence-corrected chi connectivity index (χ3v) is 2.89. The van der Waals surface area contributed by atoms with Gasteiger partial charge in [0.25, 0.3) is 0 Å². The Morgan fingerprint density at radius 2 is 2.00 bits per heavy atom. The van der Waals surface area contributed by atoms with E-state index in [0.29, 0.717) is 11.5 Å². The molecule has 1 aromatic carbocycles. The average molecular weight is 275 g/mol. The first kappa shape index (κ1) is 12.3. The molecule has 3 nitrogen and oxygen atoms in total. The Kier molecular flexibility index (Phi) is 4.42. The fraction of sp³-hybridized carbons (Fsp3) is 0.455. The van der Waals surface area contributed by atoms with Gasteiger partial charge in [-0.15, -0.1) is 0 Å². The van der Waals surface area contributed by atoms with E-state index in [0.717, 1.165) is 10.0 Å². The zero-order valence-corrected chi connectivity index (χ0v) is 10.7. The molecule has 1 N–H and O–H groups in total. The van der Waals surface area contributed by atoms with Crippen molar-refractivity contribution in [3.8, 4) is 11.5 Å². The summed E-state index contributed by atoms with van der Waals surface area (Å²) in [5.74, 6) is 1.43. The summed E-state index contributed by atoms with van der Waals surface area (Å²) in [7, 11) is 3.19. The maximum atomic E-state index is 9.08. The van der Waals surface area contributed by atoms with Gasteiger partial charge in [0.1, 0.15) is 0 Å². The third kappa shape index (κ3) is 2.63. The lowest BCUT2D eigenvalue weighted by atomic mass is 10.0. The largest absolute Gasteiger partial charge is 0.493 e. The molecule has 0 aliphatic heterocycles. The maximum Gasteiger partial charge on any atom is 0.174 e. The number of halogens is 1. The molecule has 0 aromatic heterocycles. The molecule has 0 bridgehead atoms. The first-order valence-electron chi connectivity index (χ1n) is 4.66. The van der Waals surface area contributed by atoms with E-state index in [4.69, 9.17) is 14.6 Å². The number of aliphatic hydroxyl groups is 1. The molecule has 1 rings (SSSR count). The number of benzene rings is 1. The first-order chi connectivity index (χ1) is 7.13. The van der Waals surface area contributed by atoms with E-state index < -0.39 is 0 Å². The van der Waals surface area contributed by atoms with Crippen LogP contribution >= 0.6 is 15.9 Å². The Balaban J connectivity index is 3.19. The molecule has 0 aliphatic carbocycles. The Morgan fingerprint density at radius 1 is 1.33 bits per heavy atom. The molecule has 1 atom stereocenters. The van der Waals surface area contributed by atoms with Crippen LogP contribution in [0.1, 0.15) is 18.4 Å². The van der Waals surface area contributed by atoms with Crippen LogP contribution in [-0.4, -0.2) is 25.9 Å². The van der Waals surface area contributed by atoms with Gasteiger partial charge in [-0.2, -0.15) is 0 Å². The molecule has 84 valence electrons. The highest BCUT2D eigenvalue weighted by molar-refractivity contribution is 9.10. The van der Waals surface area contributed by atoms with Crippen LogP contribution in [0.5, 0.6) is 11.5 Å². The Morgan fingerprint density at radius 3 is 2.47 bits per heavy atom. The van der Waals surface area contributed by atoms with Gasteiger partial charge in [0.2, 0.25) is 0 Å². The summed E-state index contributed by atoms with van der Waals surface area (Å²) in [5, 5.41) is 9.08. The molecule has 0 heterocycles. The van der Waals surface area contributed by atoms with Crippen molar-refractivity contribution >= 4 is 15.9 Å². The van der Waals surface area contributed by atoms with Crippen molar-refractivity contribution in [2.24, 2.45) is 0 Å². The van der Waals surface area contributed by atoms with Crippen LogP contribution in [0.15, 0.2) is 16.6 Å². The van der Waals surface area contributed by atoms with Crippen molar-refractivity contribution in [2.45, 2.75) is 12.8 Å². The number of aliphatic hydroxyl groups excluding tert-OH is 1. The second kappa shape index (κ2) is 5.37. The summed E-state index contributed by atoms with van der Waals surface area (Å²) in [6, 6.07) is 3.81. The minimum atomic E-state index is 0.0844. The van der Waals surface area contributed by atoms with E-state index in [1.807, 2.05) is 19.1 Å². The highest BCUT2D eigenvalue weighted by atomic mass is 79.9. The topological polar surface area (TPSA) is 38.7 Å². The molecular formula is C11H15BrO3. The predicted molar refractivity (Wildman–Crippen MR) is 62.7 cm³/mol. The highest BCUT2D eigenvalue weighted by Gasteiger charge is 2.13. The fourth-order valence-corrected chi connectivity index (χ4v) is 1.95. The summed E-state index contributed by atoms with van der Waals surface area (Å²) in [5.41, 5.74) is 1.02. The molecule has 0 radical (unpaired) electrons. The average Bonchev–Trinajstić information content (AvgIpc) is 2.26. The second-order valence-electron chi connectivity index (χ2n) is 3.32. The van der Waals surface area contributed by atoms with E-state index >= 15 is 0 Å². The molecule has 0 aliphatic rings. The summed E-state index contributed by atoms with van der Waals surface area (Å²) < 4.78 is 11.2. The van der Waals surface area contributed by atoms with Gasteiger partial charge in [-0.05, 0) is 33.6 Å². The van der Waals surface area contributed by atoms with Crippen LogP contribution in [0.2, 0.25) is 0 Å². The smallest absolute Gasteiger partial charge is 0.174 e. The van der Waals surface area contributed by atoms with Gasteiger partial charge < -0.3 is 14.6 Å². The van der Waals surface area contributed by atoms with Gasteiger partial charge in [-0.1, -0.05) is 6.92 Å². The van der Waals surface area contributed by atoms with Gasteiger partial charge in [0.05, 0.1) is 18.7 Å². The van der Waals surface area contributed by atoms with Crippen molar-refractivity contribution in [1.82, 2.24) is 0 Å². The molecule has 1 aromatic rings. The summed E-state index contributed by atoms with van der Waals surface area (Å²) in [4.78, 5) is 0. The number of hydrogen-bond acceptors (Lipinski definition) is 3. The molecule has 0 saturated heterocycles. The lowest BCUT2D eigenvalue weighted by Crippen LogP contribution is -2.01. The molecule has 1 unspecified atom stereocenters. The van der Waals surface area contributed by atoms with E-state index in [-0.39, 0.29) is 12.5 Å². The van der Waals surface area contributed by atoms with Crippen molar-refractivity contribution in [2.75, 3.05) is 20.8 Å². The molecule has 15 heavy (non-hydrogen) atoms. The Hall–Kier alpha value is -0.740. The van der Waals surface area contributed by atoms with Crippen LogP contribution in [0.3, 0.4) is 0 Å². The lowest BCUT2D eigenvalue weighted by molar-refractivity contribution is 0.272. The van der Waals surface area contributed by atoms with Crippen LogP contribution in [0, 0.1) is 0 Å². The molecule has 0 fully saturated rings. The first-order valence-corrected chi connectivity index (χ1v) is 5.45. The van der Waals surface area contributed by atoms with E-state index in [1.54, 1.807) is 14.2 Å². The van der Waals surface area contributed by atoms with E-state index in [9.17, 15) is 0 Å². The summed E-state index contributed by atoms with van der Waals surface area (Å²) in [6.45, 7) is 2.07. The summed E-state index contributed by atoms with van der Waals surface area (Å²) >= 11 is 3.41. The van der Waals surface area contributed by atoms with Crippen molar-refractivity contribution in [1.29, 1.82) is 0 Å². The minimum Gasteiger partial charge on any atom is -0.493 e. The molecule has 4 heteroatoms. The van der Waals surface area contributed by atoms with E-state index in [1.165, 1.54) is 0 Å². The monoisotopic (exact) mass is 274 g/mol. The zero-order chi connectivity index (χ0) is 11.4. The van der Waals surface area contributed by atoms with Gasteiger partial charge in [-0.25, -0.2) is 0 Å². The van der Waals surface area contributed by atoms with Crippen LogP contribution in [-0.2, 0) is 0 Å². The van der Waals surface area contributed by atoms with Gasteiger partial charge in [0.15, 0.2) is 11.5 Å². The van der Waals surface area contributed by atoms with Crippen LogP contribution < -0.4 is 9.47 Å². The SMILES string of the molecule is COc1cc(C(C)CO)cc(Br)c1OC. The zero-order valence-electron chi connectivity index (χ0n) is 9.08. The quantitative estimate of drug-likeness (QED) is 0.917. The lowest BCUT2D eigenvalue weighted by Gasteiger charge is -2.14. The molecule has 0 spiro atoms. The second-order valence-corrected chi connectivity index (χ2v) is 4.18. The fourth-order valence-electron chi connectivity index (χ4n) is 1.33. The van der Waals surface area contributed by atoms with Crippen molar-refractivity contribution in [3.63, 3.8) is 0 Å². The number of rotatable bonds is 4. The van der Waals surface area contributed by atoms with Crippen molar-refractivity contribution < 1.29 is 14.6 Å². The van der Waals surface area contributed by atoms with Crippen LogP contribution in [0.25, 0.3) is 0 Å². The Bertz CT molecular complexity index is 339. The minimum absolute atomic E-state index is 0.0844. The highest BCUT2D eigenvalue weighted by Crippen LogP contribution is 2.37. The van der Waals surface area contributed by atoms with Crippen LogP contribution in [0.4, 0.5) is 0 Å². The molecule has 0 saturated carbocycles. The normalized spacial score (nSPS) is 12.3. The number of hydrogen-bond donors (Lipinski definition) is 1. The predicted octanol–water partition coefficient (Wildman–Crippen LogP) is 2.56. The summed E-state index contributed by atoms with van der Waals surface area (Å²) in [6.07, 6.45) is 0. The van der Waals surface area contributed by atoms with Gasteiger partial charge in [-0.3, -0.25) is 0 Å².